The molecule has 114 valence electrons. The van der Waals surface area contributed by atoms with Crippen molar-refractivity contribution < 1.29 is 9.13 Å². The Bertz CT molecular complexity index is 621. The maximum atomic E-state index is 12.0. The van der Waals surface area contributed by atoms with Crippen molar-refractivity contribution in [3.05, 3.63) is 59.7 Å². The summed E-state index contributed by atoms with van der Waals surface area (Å²) in [6, 6.07) is 15.1. The van der Waals surface area contributed by atoms with E-state index in [1.165, 1.54) is 0 Å². The maximum Gasteiger partial charge on any atom is 0.123 e. The number of hydrogen-bond acceptors (Lipinski definition) is 4. The van der Waals surface area contributed by atoms with Gasteiger partial charge in [0.15, 0.2) is 0 Å². The van der Waals surface area contributed by atoms with Gasteiger partial charge >= 0.3 is 0 Å². The van der Waals surface area contributed by atoms with E-state index in [-0.39, 0.29) is 6.61 Å². The molecule has 0 saturated carbocycles. The van der Waals surface area contributed by atoms with E-state index in [2.05, 4.69) is 15.5 Å². The molecule has 22 heavy (non-hydrogen) atoms. The van der Waals surface area contributed by atoms with Crippen LogP contribution in [0.1, 0.15) is 11.1 Å². The lowest BCUT2D eigenvalue weighted by Gasteiger charge is -2.02. The third kappa shape index (κ3) is 5.01. The molecule has 1 N–H and O–H groups in total. The number of nitrogens with one attached hydrogen (secondary N) is 1. The Hall–Kier alpha value is -2.69. The highest BCUT2D eigenvalue weighted by atomic mass is 19.1. The van der Waals surface area contributed by atoms with Gasteiger partial charge in [0.2, 0.25) is 0 Å². The van der Waals surface area contributed by atoms with Crippen molar-refractivity contribution in [3.8, 4) is 5.75 Å². The van der Waals surface area contributed by atoms with Crippen LogP contribution >= 0.6 is 0 Å². The summed E-state index contributed by atoms with van der Waals surface area (Å²) in [6.07, 6.45) is 3.34. The molecule has 4 nitrogen and oxygen atoms in total. The van der Waals surface area contributed by atoms with Crippen LogP contribution in [0.5, 0.6) is 5.75 Å². The second kappa shape index (κ2) is 8.56. The maximum absolute atomic E-state index is 12.0. The second-order valence-corrected chi connectivity index (χ2v) is 4.47. The molecule has 0 aliphatic heterocycles. The molecule has 2 aromatic rings. The van der Waals surface area contributed by atoms with Crippen LogP contribution in [0.2, 0.25) is 0 Å². The third-order valence-corrected chi connectivity index (χ3v) is 2.91. The van der Waals surface area contributed by atoms with Crippen molar-refractivity contribution in [2.45, 2.75) is 0 Å². The van der Waals surface area contributed by atoms with Crippen LogP contribution in [0, 0.1) is 0 Å². The van der Waals surface area contributed by atoms with Gasteiger partial charge in [0.25, 0.3) is 0 Å². The van der Waals surface area contributed by atoms with Crippen LogP contribution in [0.3, 0.4) is 0 Å². The van der Waals surface area contributed by atoms with Gasteiger partial charge in [-0.05, 0) is 47.5 Å². The average Bonchev–Trinajstić information content (AvgIpc) is 2.58. The summed E-state index contributed by atoms with van der Waals surface area (Å²) in [5.41, 5.74) is 2.93. The van der Waals surface area contributed by atoms with Crippen LogP contribution in [-0.4, -0.2) is 32.8 Å². The van der Waals surface area contributed by atoms with Crippen LogP contribution in [0.15, 0.2) is 58.7 Å². The van der Waals surface area contributed by atoms with E-state index < -0.39 is 6.67 Å². The average molecular weight is 299 g/mol. The van der Waals surface area contributed by atoms with E-state index in [0.717, 1.165) is 16.8 Å². The summed E-state index contributed by atoms with van der Waals surface area (Å²) in [6.45, 7) is -0.419. The minimum atomic E-state index is -0.493. The van der Waals surface area contributed by atoms with Gasteiger partial charge in [-0.2, -0.15) is 10.2 Å². The van der Waals surface area contributed by atoms with E-state index in [9.17, 15) is 4.39 Å². The molecule has 0 amide bonds. The molecule has 0 fully saturated rings. The number of halogens is 1. The minimum Gasteiger partial charge on any atom is -0.491 e. The molecule has 0 bridgehead atoms. The fourth-order valence-corrected chi connectivity index (χ4v) is 1.74. The van der Waals surface area contributed by atoms with Gasteiger partial charge < -0.3 is 10.1 Å². The Labute approximate surface area is 129 Å². The van der Waals surface area contributed by atoms with Crippen molar-refractivity contribution >= 4 is 18.1 Å². The fraction of sp³-hybridized carbons (Fsp3) is 0.176. The molecule has 5 heteroatoms. The van der Waals surface area contributed by atoms with Crippen LogP contribution in [-0.2, 0) is 0 Å². The Kier molecular flexibility index (Phi) is 6.11. The van der Waals surface area contributed by atoms with E-state index in [4.69, 9.17) is 4.74 Å². The molecule has 0 atom stereocenters. The van der Waals surface area contributed by atoms with Crippen LogP contribution in [0.4, 0.5) is 10.1 Å². The quantitative estimate of drug-likeness (QED) is 0.628. The standard InChI is InChI=1S/C17H18FN3O/c1-19-16-6-2-14(3-7-16)12-20-21-13-15-4-8-17(9-5-15)22-11-10-18/h2-9,12-13,19H,10-11H2,1H3/b20-12+,21-13+. The van der Waals surface area contributed by atoms with E-state index in [0.29, 0.717) is 5.75 Å². The fourth-order valence-electron chi connectivity index (χ4n) is 1.74. The predicted octanol–water partition coefficient (Wildman–Crippen LogP) is 3.53. The monoisotopic (exact) mass is 299 g/mol. The van der Waals surface area contributed by atoms with Crippen molar-refractivity contribution in [1.29, 1.82) is 0 Å². The summed E-state index contributed by atoms with van der Waals surface area (Å²) in [4.78, 5) is 0. The molecule has 0 aliphatic rings. The highest BCUT2D eigenvalue weighted by Gasteiger charge is 1.93. The topological polar surface area (TPSA) is 46.0 Å². The molecule has 0 aromatic heterocycles. The lowest BCUT2D eigenvalue weighted by Crippen LogP contribution is -1.98. The second-order valence-electron chi connectivity index (χ2n) is 4.47. The first-order valence-electron chi connectivity index (χ1n) is 6.95. The van der Waals surface area contributed by atoms with E-state index in [1.54, 1.807) is 24.6 Å². The molecule has 2 rings (SSSR count). The predicted molar refractivity (Wildman–Crippen MR) is 89.1 cm³/mol. The van der Waals surface area contributed by atoms with Gasteiger partial charge in [-0.3, -0.25) is 0 Å². The molecule has 0 aliphatic carbocycles. The van der Waals surface area contributed by atoms with E-state index in [1.807, 2.05) is 43.4 Å². The molecule has 0 unspecified atom stereocenters. The molecular weight excluding hydrogens is 281 g/mol. The molecule has 0 saturated heterocycles. The van der Waals surface area contributed by atoms with Crippen molar-refractivity contribution in [3.63, 3.8) is 0 Å². The van der Waals surface area contributed by atoms with E-state index >= 15 is 0 Å². The number of nitrogens with zero attached hydrogens (tertiary/aromatic N) is 2. The van der Waals surface area contributed by atoms with Crippen LogP contribution in [0.25, 0.3) is 0 Å². The molecule has 0 radical (unpaired) electrons. The lowest BCUT2D eigenvalue weighted by molar-refractivity contribution is 0.273. The first kappa shape index (κ1) is 15.7. The zero-order chi connectivity index (χ0) is 15.6. The summed E-state index contributed by atoms with van der Waals surface area (Å²) < 4.78 is 17.1. The first-order valence-corrected chi connectivity index (χ1v) is 6.95. The van der Waals surface area contributed by atoms with Crippen LogP contribution < -0.4 is 10.1 Å². The van der Waals surface area contributed by atoms with Gasteiger partial charge in [0.1, 0.15) is 19.0 Å². The highest BCUT2D eigenvalue weighted by Crippen LogP contribution is 2.11. The van der Waals surface area contributed by atoms with Gasteiger partial charge in [-0.25, -0.2) is 4.39 Å². The Morgan fingerprint density at radius 1 is 0.955 bits per heavy atom. The number of hydrogen-bond donors (Lipinski definition) is 1. The Morgan fingerprint density at radius 2 is 1.50 bits per heavy atom. The summed E-state index contributed by atoms with van der Waals surface area (Å²) >= 11 is 0. The zero-order valence-corrected chi connectivity index (χ0v) is 12.4. The number of rotatable bonds is 7. The number of alkyl halides is 1. The molecule has 0 spiro atoms. The normalized spacial score (nSPS) is 11.2. The number of benzene rings is 2. The smallest absolute Gasteiger partial charge is 0.123 e. The van der Waals surface area contributed by atoms with Crippen molar-refractivity contribution in [2.75, 3.05) is 25.6 Å². The number of ether oxygens (including phenoxy) is 1. The zero-order valence-electron chi connectivity index (χ0n) is 12.4. The first-order chi connectivity index (χ1) is 10.8. The van der Waals surface area contributed by atoms with Crippen molar-refractivity contribution in [1.82, 2.24) is 0 Å². The molecule has 0 heterocycles. The summed E-state index contributed by atoms with van der Waals surface area (Å²) in [7, 11) is 1.88. The van der Waals surface area contributed by atoms with Gasteiger partial charge in [0, 0.05) is 12.7 Å². The van der Waals surface area contributed by atoms with Gasteiger partial charge in [-0.15, -0.1) is 0 Å². The summed E-state index contributed by atoms with van der Waals surface area (Å²) in [5, 5.41) is 11.1. The molecular formula is C17H18FN3O. The summed E-state index contributed by atoms with van der Waals surface area (Å²) in [5.74, 6) is 0.642. The van der Waals surface area contributed by atoms with Gasteiger partial charge in [-0.1, -0.05) is 12.1 Å². The SMILES string of the molecule is CNc1ccc(/C=N/N=C/c2ccc(OCCF)cc2)cc1. The van der Waals surface area contributed by atoms with Crippen molar-refractivity contribution in [2.24, 2.45) is 10.2 Å². The third-order valence-electron chi connectivity index (χ3n) is 2.91. The molecule has 2 aromatic carbocycles. The minimum absolute atomic E-state index is 0.0735. The van der Waals surface area contributed by atoms with Gasteiger partial charge in [0.05, 0.1) is 12.4 Å². The highest BCUT2D eigenvalue weighted by molar-refractivity contribution is 5.83. The Balaban J connectivity index is 1.89. The Morgan fingerprint density at radius 3 is 2.00 bits per heavy atom. The number of anilines is 1. The largest absolute Gasteiger partial charge is 0.491 e. The lowest BCUT2D eigenvalue weighted by atomic mass is 10.2.